The molecule has 3 rings (SSSR count). The van der Waals surface area contributed by atoms with E-state index in [1.54, 1.807) is 6.92 Å². The van der Waals surface area contributed by atoms with Crippen molar-refractivity contribution in [2.24, 2.45) is 0 Å². The van der Waals surface area contributed by atoms with Crippen molar-refractivity contribution < 1.29 is 9.53 Å². The highest BCUT2D eigenvalue weighted by Crippen LogP contribution is 2.38. The molecule has 1 fully saturated rings. The summed E-state index contributed by atoms with van der Waals surface area (Å²) in [4.78, 5) is 16.0. The van der Waals surface area contributed by atoms with Crippen LogP contribution in [0.1, 0.15) is 42.5 Å². The maximum atomic E-state index is 11.5. The number of carbonyl (C=O) groups excluding carboxylic acids is 1. The lowest BCUT2D eigenvalue weighted by molar-refractivity contribution is -0.130. The zero-order valence-corrected chi connectivity index (χ0v) is 13.9. The lowest BCUT2D eigenvalue weighted by atomic mass is 9.95. The number of benzene rings is 1. The Morgan fingerprint density at radius 3 is 2.59 bits per heavy atom. The summed E-state index contributed by atoms with van der Waals surface area (Å²) in [6.07, 6.45) is 2.22. The van der Waals surface area contributed by atoms with Crippen LogP contribution in [-0.4, -0.2) is 48.5 Å². The fourth-order valence-electron chi connectivity index (χ4n) is 3.77. The molecule has 0 spiro atoms. The second kappa shape index (κ2) is 6.29. The summed E-state index contributed by atoms with van der Waals surface area (Å²) < 4.78 is 6.02. The molecule has 4 nitrogen and oxygen atoms in total. The highest BCUT2D eigenvalue weighted by atomic mass is 16.5. The Balaban J connectivity index is 1.85. The van der Waals surface area contributed by atoms with Crippen LogP contribution in [-0.2, 0) is 4.79 Å². The molecule has 0 aromatic heterocycles. The quantitative estimate of drug-likeness (QED) is 0.799. The summed E-state index contributed by atoms with van der Waals surface area (Å²) in [7, 11) is 0. The molecule has 0 aliphatic carbocycles. The van der Waals surface area contributed by atoms with E-state index < -0.39 is 0 Å². The highest BCUT2D eigenvalue weighted by Gasteiger charge is 2.29. The third-order valence-corrected chi connectivity index (χ3v) is 4.88. The SMILES string of the molecule is CC(=O)N1CCN([C@@H]2CCCOc3c(C)cc(C)cc32)CC1. The van der Waals surface area contributed by atoms with Crippen LogP contribution in [0.3, 0.4) is 0 Å². The third kappa shape index (κ3) is 2.98. The first-order valence-corrected chi connectivity index (χ1v) is 8.30. The van der Waals surface area contributed by atoms with Gasteiger partial charge in [-0.2, -0.15) is 0 Å². The number of nitrogens with zero attached hydrogens (tertiary/aromatic N) is 2. The van der Waals surface area contributed by atoms with Gasteiger partial charge in [-0.1, -0.05) is 17.7 Å². The van der Waals surface area contributed by atoms with Crippen molar-refractivity contribution in [3.63, 3.8) is 0 Å². The molecule has 1 amide bonds. The molecular weight excluding hydrogens is 276 g/mol. The monoisotopic (exact) mass is 302 g/mol. The summed E-state index contributed by atoms with van der Waals surface area (Å²) in [6.45, 7) is 10.4. The van der Waals surface area contributed by atoms with Gasteiger partial charge in [0.05, 0.1) is 6.61 Å². The van der Waals surface area contributed by atoms with Crippen molar-refractivity contribution in [2.75, 3.05) is 32.8 Å². The molecule has 2 heterocycles. The van der Waals surface area contributed by atoms with Crippen molar-refractivity contribution in [1.82, 2.24) is 9.80 Å². The predicted octanol–water partition coefficient (Wildman–Crippen LogP) is 2.68. The van der Waals surface area contributed by atoms with Gasteiger partial charge in [-0.05, 0) is 32.3 Å². The Morgan fingerprint density at radius 2 is 1.91 bits per heavy atom. The summed E-state index contributed by atoms with van der Waals surface area (Å²) in [6, 6.07) is 4.91. The van der Waals surface area contributed by atoms with Gasteiger partial charge < -0.3 is 9.64 Å². The smallest absolute Gasteiger partial charge is 0.219 e. The summed E-state index contributed by atoms with van der Waals surface area (Å²) in [5.74, 6) is 1.28. The van der Waals surface area contributed by atoms with Crippen LogP contribution in [0.4, 0.5) is 0 Å². The standard InChI is InChI=1S/C18H26N2O2/c1-13-11-14(2)18-16(12-13)17(5-4-10-22-18)20-8-6-19(7-9-20)15(3)21/h11-12,17H,4-10H2,1-3H3/t17-/m1/s1. The number of piperazine rings is 1. The maximum Gasteiger partial charge on any atom is 0.219 e. The van der Waals surface area contributed by atoms with Gasteiger partial charge in [-0.25, -0.2) is 0 Å². The fraction of sp³-hybridized carbons (Fsp3) is 0.611. The topological polar surface area (TPSA) is 32.8 Å². The van der Waals surface area contributed by atoms with E-state index >= 15 is 0 Å². The molecule has 0 bridgehead atoms. The van der Waals surface area contributed by atoms with Crippen molar-refractivity contribution >= 4 is 5.91 Å². The van der Waals surface area contributed by atoms with Crippen LogP contribution in [0, 0.1) is 13.8 Å². The van der Waals surface area contributed by atoms with Crippen molar-refractivity contribution in [3.05, 3.63) is 28.8 Å². The lowest BCUT2D eigenvalue weighted by Crippen LogP contribution is -2.49. The zero-order chi connectivity index (χ0) is 15.7. The number of ether oxygens (including phenoxy) is 1. The molecule has 0 radical (unpaired) electrons. The van der Waals surface area contributed by atoms with E-state index in [-0.39, 0.29) is 5.91 Å². The third-order valence-electron chi connectivity index (χ3n) is 4.88. The van der Waals surface area contributed by atoms with E-state index in [1.165, 1.54) is 16.7 Å². The van der Waals surface area contributed by atoms with E-state index in [9.17, 15) is 4.79 Å². The number of amides is 1. The van der Waals surface area contributed by atoms with E-state index in [1.807, 2.05) is 4.90 Å². The summed E-state index contributed by atoms with van der Waals surface area (Å²) >= 11 is 0. The van der Waals surface area contributed by atoms with Gasteiger partial charge >= 0.3 is 0 Å². The minimum absolute atomic E-state index is 0.191. The number of hydrogen-bond donors (Lipinski definition) is 0. The van der Waals surface area contributed by atoms with E-state index in [2.05, 4.69) is 30.9 Å². The molecule has 4 heteroatoms. The van der Waals surface area contributed by atoms with Crippen LogP contribution >= 0.6 is 0 Å². The second-order valence-corrected chi connectivity index (χ2v) is 6.55. The van der Waals surface area contributed by atoms with Gasteiger partial charge in [0.15, 0.2) is 0 Å². The van der Waals surface area contributed by atoms with Gasteiger partial charge in [0.1, 0.15) is 5.75 Å². The van der Waals surface area contributed by atoms with Crippen LogP contribution < -0.4 is 4.74 Å². The first-order chi connectivity index (χ1) is 10.6. The average Bonchev–Trinajstić information content (AvgIpc) is 2.70. The molecule has 22 heavy (non-hydrogen) atoms. The molecule has 0 saturated carbocycles. The zero-order valence-electron chi connectivity index (χ0n) is 13.9. The number of hydrogen-bond acceptors (Lipinski definition) is 3. The molecule has 1 aromatic carbocycles. The molecule has 0 N–H and O–H groups in total. The predicted molar refractivity (Wildman–Crippen MR) is 87.2 cm³/mol. The average molecular weight is 302 g/mol. The van der Waals surface area contributed by atoms with Crippen LogP contribution in [0.2, 0.25) is 0 Å². The van der Waals surface area contributed by atoms with Gasteiger partial charge in [0.2, 0.25) is 5.91 Å². The van der Waals surface area contributed by atoms with Crippen molar-refractivity contribution in [2.45, 2.75) is 39.7 Å². The van der Waals surface area contributed by atoms with Crippen LogP contribution in [0.25, 0.3) is 0 Å². The van der Waals surface area contributed by atoms with Gasteiger partial charge in [-0.3, -0.25) is 9.69 Å². The molecule has 120 valence electrons. The molecule has 2 aliphatic rings. The van der Waals surface area contributed by atoms with E-state index in [0.717, 1.165) is 51.4 Å². The Morgan fingerprint density at radius 1 is 1.18 bits per heavy atom. The van der Waals surface area contributed by atoms with Gasteiger partial charge in [-0.15, -0.1) is 0 Å². The molecule has 1 atom stereocenters. The van der Waals surface area contributed by atoms with Gasteiger partial charge in [0.25, 0.3) is 0 Å². The van der Waals surface area contributed by atoms with Gasteiger partial charge in [0, 0.05) is 44.7 Å². The Bertz CT molecular complexity index is 562. The second-order valence-electron chi connectivity index (χ2n) is 6.55. The first-order valence-electron chi connectivity index (χ1n) is 8.30. The highest BCUT2D eigenvalue weighted by molar-refractivity contribution is 5.73. The maximum absolute atomic E-state index is 11.5. The number of aryl methyl sites for hydroxylation is 2. The Labute approximate surface area is 133 Å². The minimum atomic E-state index is 0.191. The Hall–Kier alpha value is -1.55. The number of carbonyl (C=O) groups is 1. The molecule has 0 unspecified atom stereocenters. The number of rotatable bonds is 1. The molecular formula is C18H26N2O2. The minimum Gasteiger partial charge on any atom is -0.493 e. The van der Waals surface area contributed by atoms with Crippen LogP contribution in [0.5, 0.6) is 5.75 Å². The largest absolute Gasteiger partial charge is 0.493 e. The molecule has 2 aliphatic heterocycles. The molecule has 1 aromatic rings. The van der Waals surface area contributed by atoms with E-state index in [4.69, 9.17) is 4.74 Å². The van der Waals surface area contributed by atoms with Crippen molar-refractivity contribution in [1.29, 1.82) is 0 Å². The van der Waals surface area contributed by atoms with Crippen LogP contribution in [0.15, 0.2) is 12.1 Å². The fourth-order valence-corrected chi connectivity index (χ4v) is 3.77. The summed E-state index contributed by atoms with van der Waals surface area (Å²) in [5.41, 5.74) is 3.88. The van der Waals surface area contributed by atoms with E-state index in [0.29, 0.717) is 6.04 Å². The normalized spacial score (nSPS) is 22.7. The molecule has 1 saturated heterocycles. The van der Waals surface area contributed by atoms with Crippen molar-refractivity contribution in [3.8, 4) is 5.75 Å². The first kappa shape index (κ1) is 15.3. The summed E-state index contributed by atoms with van der Waals surface area (Å²) in [5, 5.41) is 0. The Kier molecular flexibility index (Phi) is 4.39. The lowest BCUT2D eigenvalue weighted by Gasteiger charge is -2.39. The number of fused-ring (bicyclic) bond motifs is 1.